The number of ketones is 1. The van der Waals surface area contributed by atoms with Crippen molar-refractivity contribution < 1.29 is 24.9 Å². The van der Waals surface area contributed by atoms with Crippen LogP contribution in [0.1, 0.15) is 53.4 Å². The molecule has 1 saturated heterocycles. The Bertz CT molecular complexity index is 652. The lowest BCUT2D eigenvalue weighted by Crippen LogP contribution is -2.68. The lowest BCUT2D eigenvalue weighted by atomic mass is 9.47. The molecule has 3 N–H and O–H groups in total. The van der Waals surface area contributed by atoms with Crippen LogP contribution in [-0.2, 0) is 9.53 Å². The SMILES string of the molecule is CC1=C2[C@@H](O)C(=O)C3(C)C(C[C@](O)(CC1)C2(C)C)C1CO[C@@H]1C[C@@H]3O. The number of aliphatic hydroxyl groups excluding tert-OH is 2. The first-order chi connectivity index (χ1) is 11.5. The lowest BCUT2D eigenvalue weighted by molar-refractivity contribution is -0.241. The van der Waals surface area contributed by atoms with Crippen LogP contribution < -0.4 is 0 Å². The monoisotopic (exact) mass is 350 g/mol. The molecule has 3 unspecified atom stereocenters. The van der Waals surface area contributed by atoms with E-state index < -0.39 is 28.6 Å². The third-order valence-electron chi connectivity index (χ3n) is 8.24. The van der Waals surface area contributed by atoms with Gasteiger partial charge in [0.1, 0.15) is 6.10 Å². The first kappa shape index (κ1) is 17.7. The molecule has 25 heavy (non-hydrogen) atoms. The zero-order chi connectivity index (χ0) is 18.4. The van der Waals surface area contributed by atoms with E-state index in [4.69, 9.17) is 4.74 Å². The standard InChI is InChI=1S/C20H30O5/c1-10-5-6-20(24)8-12-11-9-25-13(11)7-14(21)19(12,4)17(23)16(22)15(10)18(20,2)3/h11-14,16,21-22,24H,5-9H2,1-4H3/t11?,12?,13-,14+,16-,19?,20-/m1/s1. The molecule has 0 aromatic rings. The highest BCUT2D eigenvalue weighted by molar-refractivity contribution is 5.92. The Hall–Kier alpha value is -0.750. The Morgan fingerprint density at radius 1 is 1.20 bits per heavy atom. The van der Waals surface area contributed by atoms with Gasteiger partial charge in [-0.1, -0.05) is 19.4 Å². The maximum Gasteiger partial charge on any atom is 0.174 e. The molecule has 0 amide bonds. The van der Waals surface area contributed by atoms with Crippen molar-refractivity contribution >= 4 is 5.78 Å². The first-order valence-corrected chi connectivity index (χ1v) is 9.48. The molecule has 1 heterocycles. The molecule has 7 atom stereocenters. The number of aliphatic hydroxyl groups is 3. The predicted molar refractivity (Wildman–Crippen MR) is 91.7 cm³/mol. The van der Waals surface area contributed by atoms with Crippen LogP contribution in [0.5, 0.6) is 0 Å². The number of hydrogen-bond acceptors (Lipinski definition) is 5. The second kappa shape index (κ2) is 5.16. The summed E-state index contributed by atoms with van der Waals surface area (Å²) in [6.45, 7) is 8.19. The molecule has 5 heteroatoms. The maximum atomic E-state index is 13.4. The number of allylic oxidation sites excluding steroid dienone is 1. The van der Waals surface area contributed by atoms with Crippen molar-refractivity contribution in [1.29, 1.82) is 0 Å². The maximum absolute atomic E-state index is 13.4. The van der Waals surface area contributed by atoms with E-state index in [-0.39, 0.29) is 23.7 Å². The Morgan fingerprint density at radius 2 is 1.88 bits per heavy atom. The molecule has 5 nitrogen and oxygen atoms in total. The summed E-state index contributed by atoms with van der Waals surface area (Å²) >= 11 is 0. The summed E-state index contributed by atoms with van der Waals surface area (Å²) in [4.78, 5) is 13.4. The third-order valence-corrected chi connectivity index (χ3v) is 8.24. The van der Waals surface area contributed by atoms with Crippen LogP contribution in [0.2, 0.25) is 0 Å². The van der Waals surface area contributed by atoms with Gasteiger partial charge in [-0.05, 0) is 44.6 Å². The van der Waals surface area contributed by atoms with Gasteiger partial charge in [0.15, 0.2) is 5.78 Å². The Labute approximate surface area is 149 Å². The first-order valence-electron chi connectivity index (χ1n) is 9.48. The molecular formula is C20H30O5. The van der Waals surface area contributed by atoms with E-state index in [1.807, 2.05) is 20.8 Å². The quantitative estimate of drug-likeness (QED) is 0.578. The van der Waals surface area contributed by atoms with Crippen LogP contribution in [0, 0.1) is 22.7 Å². The Kier molecular flexibility index (Phi) is 3.64. The number of ether oxygens (including phenoxy) is 1. The topological polar surface area (TPSA) is 87.0 Å². The van der Waals surface area contributed by atoms with Gasteiger partial charge in [-0.15, -0.1) is 0 Å². The van der Waals surface area contributed by atoms with Gasteiger partial charge in [0.2, 0.25) is 0 Å². The molecule has 3 fully saturated rings. The highest BCUT2D eigenvalue weighted by atomic mass is 16.5. The number of hydrogen-bond donors (Lipinski definition) is 3. The fourth-order valence-electron chi connectivity index (χ4n) is 6.18. The van der Waals surface area contributed by atoms with Gasteiger partial charge in [-0.25, -0.2) is 0 Å². The van der Waals surface area contributed by atoms with Crippen molar-refractivity contribution in [2.45, 2.75) is 77.3 Å². The van der Waals surface area contributed by atoms with Crippen LogP contribution in [0.25, 0.3) is 0 Å². The summed E-state index contributed by atoms with van der Waals surface area (Å²) < 4.78 is 5.61. The van der Waals surface area contributed by atoms with Crippen LogP contribution in [-0.4, -0.2) is 51.6 Å². The summed E-state index contributed by atoms with van der Waals surface area (Å²) in [7, 11) is 0. The van der Waals surface area contributed by atoms with Crippen molar-refractivity contribution in [2.24, 2.45) is 22.7 Å². The largest absolute Gasteiger partial charge is 0.392 e. The summed E-state index contributed by atoms with van der Waals surface area (Å²) in [6.07, 6.45) is 0.0513. The molecule has 2 saturated carbocycles. The van der Waals surface area contributed by atoms with E-state index in [0.717, 1.165) is 5.57 Å². The van der Waals surface area contributed by atoms with E-state index in [1.54, 1.807) is 6.92 Å². The number of carbonyl (C=O) groups excluding carboxylic acids is 1. The fourth-order valence-corrected chi connectivity index (χ4v) is 6.18. The smallest absolute Gasteiger partial charge is 0.174 e. The number of fused-ring (bicyclic) bond motifs is 5. The van der Waals surface area contributed by atoms with E-state index >= 15 is 0 Å². The third kappa shape index (κ3) is 2.01. The highest BCUT2D eigenvalue weighted by Crippen LogP contribution is 2.60. The molecule has 0 spiro atoms. The molecule has 0 radical (unpaired) electrons. The van der Waals surface area contributed by atoms with Crippen LogP contribution in [0.3, 0.4) is 0 Å². The van der Waals surface area contributed by atoms with Gasteiger partial charge < -0.3 is 20.1 Å². The van der Waals surface area contributed by atoms with Crippen molar-refractivity contribution in [3.05, 3.63) is 11.1 Å². The van der Waals surface area contributed by atoms with E-state index in [1.165, 1.54) is 0 Å². The molecule has 4 aliphatic rings. The minimum absolute atomic E-state index is 0.0375. The average molecular weight is 350 g/mol. The lowest BCUT2D eigenvalue weighted by Gasteiger charge is -2.61. The van der Waals surface area contributed by atoms with E-state index in [2.05, 4.69) is 0 Å². The molecule has 1 aliphatic heterocycles. The van der Waals surface area contributed by atoms with Gasteiger partial charge in [0, 0.05) is 17.8 Å². The van der Waals surface area contributed by atoms with Gasteiger partial charge in [-0.3, -0.25) is 4.79 Å². The van der Waals surface area contributed by atoms with Crippen LogP contribution in [0.15, 0.2) is 11.1 Å². The molecule has 140 valence electrons. The zero-order valence-corrected chi connectivity index (χ0v) is 15.6. The molecule has 4 rings (SSSR count). The predicted octanol–water partition coefficient (Wildman–Crippen LogP) is 1.59. The summed E-state index contributed by atoms with van der Waals surface area (Å²) in [5.74, 6) is -0.305. The van der Waals surface area contributed by atoms with E-state index in [9.17, 15) is 20.1 Å². The second-order valence-corrected chi connectivity index (χ2v) is 9.50. The molecule has 0 aromatic heterocycles. The molecular weight excluding hydrogens is 320 g/mol. The summed E-state index contributed by atoms with van der Waals surface area (Å²) in [5, 5.41) is 33.5. The van der Waals surface area contributed by atoms with Gasteiger partial charge >= 0.3 is 0 Å². The van der Waals surface area contributed by atoms with Crippen molar-refractivity contribution in [1.82, 2.24) is 0 Å². The van der Waals surface area contributed by atoms with Crippen molar-refractivity contribution in [2.75, 3.05) is 6.61 Å². The molecule has 3 aliphatic carbocycles. The van der Waals surface area contributed by atoms with Gasteiger partial charge in [-0.2, -0.15) is 0 Å². The number of Topliss-reactive ketones (excluding diaryl/α,β-unsaturated/α-hetero) is 1. The molecule has 0 aromatic carbocycles. The van der Waals surface area contributed by atoms with Crippen molar-refractivity contribution in [3.8, 4) is 0 Å². The summed E-state index contributed by atoms with van der Waals surface area (Å²) in [5.41, 5.74) is -1.06. The Morgan fingerprint density at radius 3 is 2.48 bits per heavy atom. The Balaban J connectivity index is 1.90. The normalized spacial score (nSPS) is 51.8. The van der Waals surface area contributed by atoms with Gasteiger partial charge in [0.05, 0.1) is 29.8 Å². The van der Waals surface area contributed by atoms with Crippen molar-refractivity contribution in [3.63, 3.8) is 0 Å². The molecule has 2 bridgehead atoms. The number of carbonyl (C=O) groups is 1. The fraction of sp³-hybridized carbons (Fsp3) is 0.850. The summed E-state index contributed by atoms with van der Waals surface area (Å²) in [6, 6.07) is 0. The highest BCUT2D eigenvalue weighted by Gasteiger charge is 2.65. The van der Waals surface area contributed by atoms with Gasteiger partial charge in [0.25, 0.3) is 0 Å². The minimum Gasteiger partial charge on any atom is -0.392 e. The number of rotatable bonds is 0. The minimum atomic E-state index is -1.26. The van der Waals surface area contributed by atoms with Crippen LogP contribution >= 0.6 is 0 Å². The average Bonchev–Trinajstić information content (AvgIpc) is 2.51. The van der Waals surface area contributed by atoms with E-state index in [0.29, 0.717) is 37.9 Å². The zero-order valence-electron chi connectivity index (χ0n) is 15.6. The second-order valence-electron chi connectivity index (χ2n) is 9.50. The van der Waals surface area contributed by atoms with Crippen LogP contribution in [0.4, 0.5) is 0 Å².